The molecule has 10 nitrogen and oxygen atoms in total. The van der Waals surface area contributed by atoms with Crippen LogP contribution in [-0.2, 0) is 16.1 Å². The first-order valence-corrected chi connectivity index (χ1v) is 14.4. The molecular formula is C32H37N7O3. The molecule has 6 rings (SSSR count). The maximum atomic E-state index is 12.6. The number of hydrogen-bond donors (Lipinski definition) is 0. The van der Waals surface area contributed by atoms with Gasteiger partial charge in [-0.2, -0.15) is 5.10 Å². The maximum Gasteiger partial charge on any atom is 0.410 e. The minimum atomic E-state index is -0.507. The zero-order chi connectivity index (χ0) is 29.4. The molecule has 3 aliphatic heterocycles. The number of fused-ring (bicyclic) bond motifs is 2. The number of rotatable bonds is 5. The molecule has 0 saturated carbocycles. The highest BCUT2D eigenvalue weighted by molar-refractivity contribution is 6.32. The van der Waals surface area contributed by atoms with Gasteiger partial charge in [0.25, 0.3) is 0 Å². The second-order valence-electron chi connectivity index (χ2n) is 12.0. The van der Waals surface area contributed by atoms with Crippen LogP contribution in [0.5, 0.6) is 0 Å². The number of nitrogens with zero attached hydrogens (tertiary/aromatic N) is 7. The van der Waals surface area contributed by atoms with E-state index in [-0.39, 0.29) is 12.0 Å². The second kappa shape index (κ2) is 11.2. The van der Waals surface area contributed by atoms with Gasteiger partial charge in [0, 0.05) is 25.2 Å². The highest BCUT2D eigenvalue weighted by atomic mass is 16.6. The average Bonchev–Trinajstić information content (AvgIpc) is 3.40. The maximum absolute atomic E-state index is 12.6. The second-order valence-corrected chi connectivity index (χ2v) is 12.0. The normalized spacial score (nSPS) is 19.4. The molecule has 0 spiro atoms. The number of aliphatic imine (C=N–C) groups is 2. The Morgan fingerprint density at radius 3 is 2.60 bits per heavy atom. The van der Waals surface area contributed by atoms with E-state index in [2.05, 4.69) is 23.3 Å². The van der Waals surface area contributed by atoms with Gasteiger partial charge in [-0.1, -0.05) is 30.3 Å². The molecule has 10 heteroatoms. The largest absolute Gasteiger partial charge is 0.444 e. The summed E-state index contributed by atoms with van der Waals surface area (Å²) in [4.78, 5) is 30.7. The minimum absolute atomic E-state index is 0.221. The number of amidine groups is 1. The lowest BCUT2D eigenvalue weighted by Gasteiger charge is -2.37. The molecule has 42 heavy (non-hydrogen) atoms. The Labute approximate surface area is 246 Å². The van der Waals surface area contributed by atoms with E-state index in [1.807, 2.05) is 86.8 Å². The molecule has 1 amide bonds. The number of allylic oxidation sites excluding steroid dienone is 1. The molecule has 0 N–H and O–H groups in total. The summed E-state index contributed by atoms with van der Waals surface area (Å²) in [6.45, 7) is 11.3. The van der Waals surface area contributed by atoms with Crippen LogP contribution in [0.25, 0.3) is 11.2 Å². The molecule has 0 bridgehead atoms. The van der Waals surface area contributed by atoms with Gasteiger partial charge in [-0.3, -0.25) is 14.9 Å². The summed E-state index contributed by atoms with van der Waals surface area (Å²) in [6, 6.07) is 12.1. The first-order chi connectivity index (χ1) is 20.1. The Morgan fingerprint density at radius 1 is 1.10 bits per heavy atom. The van der Waals surface area contributed by atoms with Crippen molar-refractivity contribution < 1.29 is 14.3 Å². The SMILES string of the molecule is Cc1cn2nc(C3=CC(OCc4ccccc4)N4C=C(C5CCN(C(=O)OC(C)(C)C)CC5)N=CC4=N3)cc2c(C)n1. The van der Waals surface area contributed by atoms with Crippen LogP contribution in [0.4, 0.5) is 4.79 Å². The van der Waals surface area contributed by atoms with Crippen LogP contribution in [0.15, 0.2) is 70.6 Å². The molecule has 1 atom stereocenters. The predicted octanol–water partition coefficient (Wildman–Crippen LogP) is 5.52. The zero-order valence-electron chi connectivity index (χ0n) is 24.8. The van der Waals surface area contributed by atoms with E-state index in [0.29, 0.717) is 25.5 Å². The van der Waals surface area contributed by atoms with Crippen LogP contribution in [0.1, 0.15) is 56.3 Å². The molecule has 1 fully saturated rings. The summed E-state index contributed by atoms with van der Waals surface area (Å²) in [5.41, 5.74) is 5.80. The summed E-state index contributed by atoms with van der Waals surface area (Å²) in [5.74, 6) is 0.919. The number of hydrogen-bond acceptors (Lipinski definition) is 8. The molecule has 0 radical (unpaired) electrons. The van der Waals surface area contributed by atoms with Crippen molar-refractivity contribution in [3.05, 3.63) is 83.2 Å². The number of aryl methyl sites for hydroxylation is 2. The molecule has 3 aliphatic rings. The lowest BCUT2D eigenvalue weighted by Crippen LogP contribution is -2.44. The van der Waals surface area contributed by atoms with Gasteiger partial charge in [0.1, 0.15) is 11.3 Å². The molecule has 5 heterocycles. The van der Waals surface area contributed by atoms with Gasteiger partial charge >= 0.3 is 6.09 Å². The van der Waals surface area contributed by atoms with Gasteiger partial charge in [-0.05, 0) is 65.2 Å². The van der Waals surface area contributed by atoms with Crippen molar-refractivity contribution in [2.45, 2.75) is 65.9 Å². The van der Waals surface area contributed by atoms with E-state index in [9.17, 15) is 4.79 Å². The Hall–Kier alpha value is -4.31. The van der Waals surface area contributed by atoms with Crippen LogP contribution < -0.4 is 0 Å². The fraction of sp³-hybridized carbons (Fsp3) is 0.406. The van der Waals surface area contributed by atoms with Crippen molar-refractivity contribution >= 4 is 29.4 Å². The number of ether oxygens (including phenoxy) is 2. The van der Waals surface area contributed by atoms with Gasteiger partial charge < -0.3 is 14.4 Å². The lowest BCUT2D eigenvalue weighted by molar-refractivity contribution is 0.0127. The van der Waals surface area contributed by atoms with Crippen molar-refractivity contribution in [1.82, 2.24) is 24.4 Å². The number of likely N-dealkylation sites (tertiary alicyclic amines) is 1. The first-order valence-electron chi connectivity index (χ1n) is 14.4. The summed E-state index contributed by atoms with van der Waals surface area (Å²) < 4.78 is 13.9. The Kier molecular flexibility index (Phi) is 7.40. The molecule has 218 valence electrons. The Morgan fingerprint density at radius 2 is 1.86 bits per heavy atom. The third-order valence-corrected chi connectivity index (χ3v) is 7.53. The third-order valence-electron chi connectivity index (χ3n) is 7.53. The Balaban J connectivity index is 1.24. The first kappa shape index (κ1) is 27.8. The molecule has 1 unspecified atom stereocenters. The van der Waals surface area contributed by atoms with Gasteiger partial charge in [-0.25, -0.2) is 14.3 Å². The molecule has 1 saturated heterocycles. The van der Waals surface area contributed by atoms with Gasteiger partial charge in [-0.15, -0.1) is 0 Å². The van der Waals surface area contributed by atoms with E-state index < -0.39 is 11.8 Å². The topological polar surface area (TPSA) is 96.9 Å². The van der Waals surface area contributed by atoms with Crippen molar-refractivity contribution in [3.8, 4) is 0 Å². The smallest absolute Gasteiger partial charge is 0.410 e. The standard InChI is InChI=1S/C32H37N7O3/c1-21-18-39-28(22(2)34-21)15-26(36-39)25-16-30(41-20-23-9-7-6-8-10-23)38-19-27(33-17-29(38)35-25)24-11-13-37(14-12-24)31(40)42-32(3,4)5/h6-10,15-19,24,30H,11-14,20H2,1-5H3. The van der Waals surface area contributed by atoms with E-state index in [1.54, 1.807) is 4.90 Å². The van der Waals surface area contributed by atoms with Gasteiger partial charge in [0.2, 0.25) is 0 Å². The van der Waals surface area contributed by atoms with Crippen molar-refractivity contribution in [2.75, 3.05) is 13.1 Å². The van der Waals surface area contributed by atoms with Crippen LogP contribution in [-0.4, -0.2) is 67.5 Å². The van der Waals surface area contributed by atoms with Crippen LogP contribution in [0.2, 0.25) is 0 Å². The fourth-order valence-corrected chi connectivity index (χ4v) is 5.45. The van der Waals surface area contributed by atoms with Crippen molar-refractivity contribution in [2.24, 2.45) is 15.9 Å². The van der Waals surface area contributed by atoms with Crippen molar-refractivity contribution in [3.63, 3.8) is 0 Å². The number of amides is 1. The van der Waals surface area contributed by atoms with Crippen LogP contribution in [0.3, 0.4) is 0 Å². The summed E-state index contributed by atoms with van der Waals surface area (Å²) in [6.07, 6.45) is 8.77. The van der Waals surface area contributed by atoms with Gasteiger partial charge in [0.05, 0.1) is 47.3 Å². The summed E-state index contributed by atoms with van der Waals surface area (Å²) in [5, 5.41) is 4.81. The third kappa shape index (κ3) is 5.99. The monoisotopic (exact) mass is 567 g/mol. The Bertz CT molecular complexity index is 1610. The fourth-order valence-electron chi connectivity index (χ4n) is 5.45. The molecule has 0 aliphatic carbocycles. The van der Waals surface area contributed by atoms with Crippen molar-refractivity contribution in [1.29, 1.82) is 0 Å². The van der Waals surface area contributed by atoms with Crippen LogP contribution in [0, 0.1) is 19.8 Å². The number of carbonyl (C=O) groups is 1. The molecule has 3 aromatic rings. The average molecular weight is 568 g/mol. The summed E-state index contributed by atoms with van der Waals surface area (Å²) >= 11 is 0. The predicted molar refractivity (Wildman–Crippen MR) is 162 cm³/mol. The quantitative estimate of drug-likeness (QED) is 0.403. The number of aromatic nitrogens is 3. The molecule has 2 aromatic heterocycles. The van der Waals surface area contributed by atoms with Crippen LogP contribution >= 0.6 is 0 Å². The van der Waals surface area contributed by atoms with E-state index in [1.165, 1.54) is 0 Å². The van der Waals surface area contributed by atoms with Gasteiger partial charge in [0.15, 0.2) is 12.1 Å². The van der Waals surface area contributed by atoms with E-state index >= 15 is 0 Å². The zero-order valence-corrected chi connectivity index (χ0v) is 24.8. The minimum Gasteiger partial charge on any atom is -0.444 e. The van der Waals surface area contributed by atoms with E-state index in [0.717, 1.165) is 52.4 Å². The highest BCUT2D eigenvalue weighted by Gasteiger charge is 2.32. The molecular weight excluding hydrogens is 530 g/mol. The highest BCUT2D eigenvalue weighted by Crippen LogP contribution is 2.32. The molecule has 1 aromatic carbocycles. The summed E-state index contributed by atoms with van der Waals surface area (Å²) in [7, 11) is 0. The number of piperidine rings is 1. The van der Waals surface area contributed by atoms with E-state index in [4.69, 9.17) is 24.6 Å². The number of carbonyl (C=O) groups excluding carboxylic acids is 1. The number of benzene rings is 1. The lowest BCUT2D eigenvalue weighted by atomic mass is 9.93.